The van der Waals surface area contributed by atoms with Gasteiger partial charge in [0.25, 0.3) is 0 Å². The molecule has 0 N–H and O–H groups in total. The molecule has 38 heavy (non-hydrogen) atoms. The third-order valence-corrected chi connectivity index (χ3v) is 7.40. The van der Waals surface area contributed by atoms with Crippen LogP contribution in [0.5, 0.6) is 0 Å². The van der Waals surface area contributed by atoms with Crippen molar-refractivity contribution in [2.75, 3.05) is 0 Å². The monoisotopic (exact) mass is 486 g/mol. The average Bonchev–Trinajstić information content (AvgIpc) is 3.51. The second kappa shape index (κ2) is 8.15. The van der Waals surface area contributed by atoms with Crippen LogP contribution in [0.4, 0.5) is 0 Å². The molecule has 0 aliphatic carbocycles. The molecule has 0 radical (unpaired) electrons. The van der Waals surface area contributed by atoms with Crippen LogP contribution in [0.25, 0.3) is 66.5 Å². The Balaban J connectivity index is 1.51. The highest BCUT2D eigenvalue weighted by Crippen LogP contribution is 2.41. The zero-order valence-electron chi connectivity index (χ0n) is 20.5. The Morgan fingerprint density at radius 1 is 0.447 bits per heavy atom. The maximum absolute atomic E-state index is 5.03. The van der Waals surface area contributed by atoms with E-state index in [1.54, 1.807) is 0 Å². The number of rotatable bonds is 3. The highest BCUT2D eigenvalue weighted by Gasteiger charge is 2.21. The highest BCUT2D eigenvalue weighted by molar-refractivity contribution is 6.28. The predicted molar refractivity (Wildman–Crippen MR) is 156 cm³/mol. The summed E-state index contributed by atoms with van der Waals surface area (Å²) in [7, 11) is 0. The summed E-state index contributed by atoms with van der Waals surface area (Å²) in [5, 5.41) is 4.89. The van der Waals surface area contributed by atoms with Gasteiger partial charge in [0, 0.05) is 39.0 Å². The van der Waals surface area contributed by atoms with Crippen molar-refractivity contribution in [3.63, 3.8) is 0 Å². The van der Waals surface area contributed by atoms with Gasteiger partial charge in [-0.2, -0.15) is 0 Å². The Morgan fingerprint density at radius 2 is 1.00 bits per heavy atom. The molecule has 0 aliphatic heterocycles. The molecule has 3 aromatic heterocycles. The van der Waals surface area contributed by atoms with Crippen LogP contribution < -0.4 is 0 Å². The summed E-state index contributed by atoms with van der Waals surface area (Å²) in [6.07, 6.45) is 1.85. The quantitative estimate of drug-likeness (QED) is 0.252. The van der Waals surface area contributed by atoms with Crippen molar-refractivity contribution < 1.29 is 0 Å². The van der Waals surface area contributed by atoms with Crippen molar-refractivity contribution in [3.8, 4) is 22.9 Å². The highest BCUT2D eigenvalue weighted by atomic mass is 15.2. The summed E-state index contributed by atoms with van der Waals surface area (Å²) in [5.41, 5.74) is 7.71. The first-order chi connectivity index (χ1) is 18.9. The van der Waals surface area contributed by atoms with Gasteiger partial charge in [-0.1, -0.05) is 84.9 Å². The van der Waals surface area contributed by atoms with E-state index in [9.17, 15) is 0 Å². The molecule has 5 aromatic carbocycles. The lowest BCUT2D eigenvalue weighted by Crippen LogP contribution is -2.01. The lowest BCUT2D eigenvalue weighted by Gasteiger charge is -2.09. The van der Waals surface area contributed by atoms with Crippen molar-refractivity contribution in [2.45, 2.75) is 0 Å². The lowest BCUT2D eigenvalue weighted by atomic mass is 10.1. The number of benzene rings is 5. The number of hydrogen-bond acceptors (Lipinski definition) is 2. The van der Waals surface area contributed by atoms with Crippen LogP contribution in [0.15, 0.2) is 134 Å². The topological polar surface area (TPSA) is 35.6 Å². The molecule has 0 bridgehead atoms. The summed E-state index contributed by atoms with van der Waals surface area (Å²) in [5.74, 6) is 0.670. The van der Waals surface area contributed by atoms with Gasteiger partial charge in [-0.05, 0) is 42.5 Å². The summed E-state index contributed by atoms with van der Waals surface area (Å²) in [6.45, 7) is 0. The van der Waals surface area contributed by atoms with Crippen LogP contribution in [0.3, 0.4) is 0 Å². The molecule has 0 aliphatic rings. The molecule has 8 aromatic rings. The molecule has 0 fully saturated rings. The van der Waals surface area contributed by atoms with E-state index in [1.165, 1.54) is 32.6 Å². The Kier molecular flexibility index (Phi) is 4.49. The van der Waals surface area contributed by atoms with Gasteiger partial charge in [0.15, 0.2) is 0 Å². The Bertz CT molecular complexity index is 2120. The van der Waals surface area contributed by atoms with Crippen LogP contribution in [0, 0.1) is 0 Å². The first-order valence-corrected chi connectivity index (χ1v) is 12.8. The van der Waals surface area contributed by atoms with Crippen molar-refractivity contribution in [2.24, 2.45) is 0 Å². The second-order valence-electron chi connectivity index (χ2n) is 9.50. The first kappa shape index (κ1) is 20.9. The van der Waals surface area contributed by atoms with Gasteiger partial charge in [0.05, 0.1) is 27.8 Å². The molecule has 3 heterocycles. The SMILES string of the molecule is c1ccc(-c2ccnc(-n3c4ccccc4c4c5c6ccccc6n(-c6ccccc6)c5ccc43)n2)cc1. The Morgan fingerprint density at radius 3 is 1.68 bits per heavy atom. The fraction of sp³-hybridized carbons (Fsp3) is 0. The number of para-hydroxylation sites is 3. The van der Waals surface area contributed by atoms with Gasteiger partial charge >= 0.3 is 0 Å². The van der Waals surface area contributed by atoms with E-state index in [-0.39, 0.29) is 0 Å². The third kappa shape index (κ3) is 2.98. The van der Waals surface area contributed by atoms with E-state index < -0.39 is 0 Å². The molecule has 0 saturated heterocycles. The fourth-order valence-corrected chi connectivity index (χ4v) is 5.81. The van der Waals surface area contributed by atoms with E-state index in [0.717, 1.165) is 28.0 Å². The predicted octanol–water partition coefficient (Wildman–Crippen LogP) is 8.34. The first-order valence-electron chi connectivity index (χ1n) is 12.8. The van der Waals surface area contributed by atoms with Gasteiger partial charge in [-0.15, -0.1) is 0 Å². The van der Waals surface area contributed by atoms with E-state index in [4.69, 9.17) is 9.97 Å². The van der Waals surface area contributed by atoms with Gasteiger partial charge in [0.2, 0.25) is 5.95 Å². The van der Waals surface area contributed by atoms with Crippen LogP contribution in [0.2, 0.25) is 0 Å². The van der Waals surface area contributed by atoms with Crippen molar-refractivity contribution in [1.29, 1.82) is 0 Å². The van der Waals surface area contributed by atoms with E-state index in [1.807, 2.05) is 30.5 Å². The van der Waals surface area contributed by atoms with Crippen molar-refractivity contribution >= 4 is 43.6 Å². The molecule has 0 spiro atoms. The minimum atomic E-state index is 0.670. The molecule has 0 amide bonds. The third-order valence-electron chi connectivity index (χ3n) is 7.40. The van der Waals surface area contributed by atoms with Crippen LogP contribution >= 0.6 is 0 Å². The van der Waals surface area contributed by atoms with Gasteiger partial charge in [0.1, 0.15) is 0 Å². The van der Waals surface area contributed by atoms with Crippen LogP contribution in [-0.2, 0) is 0 Å². The zero-order chi connectivity index (χ0) is 25.1. The molecule has 178 valence electrons. The minimum Gasteiger partial charge on any atom is -0.309 e. The molecule has 4 heteroatoms. The molecule has 0 unspecified atom stereocenters. The molecule has 0 atom stereocenters. The van der Waals surface area contributed by atoms with Gasteiger partial charge < -0.3 is 4.57 Å². The van der Waals surface area contributed by atoms with Crippen LogP contribution in [-0.4, -0.2) is 19.1 Å². The minimum absolute atomic E-state index is 0.670. The van der Waals surface area contributed by atoms with Crippen LogP contribution in [0.1, 0.15) is 0 Å². The van der Waals surface area contributed by atoms with Crippen molar-refractivity contribution in [1.82, 2.24) is 19.1 Å². The number of fused-ring (bicyclic) bond motifs is 7. The summed E-state index contributed by atoms with van der Waals surface area (Å²) >= 11 is 0. The molecular weight excluding hydrogens is 464 g/mol. The molecule has 4 nitrogen and oxygen atoms in total. The number of hydrogen-bond donors (Lipinski definition) is 0. The fourth-order valence-electron chi connectivity index (χ4n) is 5.81. The van der Waals surface area contributed by atoms with Gasteiger partial charge in [-0.25, -0.2) is 9.97 Å². The molecular formula is C34H22N4. The van der Waals surface area contributed by atoms with E-state index >= 15 is 0 Å². The zero-order valence-corrected chi connectivity index (χ0v) is 20.5. The summed E-state index contributed by atoms with van der Waals surface area (Å²) in [4.78, 5) is 9.78. The largest absolute Gasteiger partial charge is 0.309 e. The van der Waals surface area contributed by atoms with Gasteiger partial charge in [-0.3, -0.25) is 4.57 Å². The van der Waals surface area contributed by atoms with Crippen molar-refractivity contribution in [3.05, 3.63) is 134 Å². The van der Waals surface area contributed by atoms with E-state index in [0.29, 0.717) is 5.95 Å². The maximum atomic E-state index is 5.03. The average molecular weight is 487 g/mol. The lowest BCUT2D eigenvalue weighted by molar-refractivity contribution is 0.992. The Labute approximate surface area is 219 Å². The smallest absolute Gasteiger partial charge is 0.235 e. The molecule has 8 rings (SSSR count). The number of aromatic nitrogens is 4. The summed E-state index contributed by atoms with van der Waals surface area (Å²) in [6, 6.07) is 44.5. The summed E-state index contributed by atoms with van der Waals surface area (Å²) < 4.78 is 4.56. The number of nitrogens with zero attached hydrogens (tertiary/aromatic N) is 4. The Hall–Kier alpha value is -5.22. The van der Waals surface area contributed by atoms with E-state index in [2.05, 4.69) is 112 Å². The standard InChI is InChI=1S/C34H22N4/c1-3-11-23(12-4-1)27-21-22-35-34(36-27)38-29-18-10-8-16-26(29)33-31(38)20-19-30-32(33)25-15-7-9-17-28(25)37(30)24-13-5-2-6-14-24/h1-22H. The maximum Gasteiger partial charge on any atom is 0.235 e. The molecule has 0 saturated carbocycles. The normalized spacial score (nSPS) is 11.7. The second-order valence-corrected chi connectivity index (χ2v) is 9.50.